The quantitative estimate of drug-likeness (QED) is 0.539. The van der Waals surface area contributed by atoms with Gasteiger partial charge in [-0.25, -0.2) is 0 Å². The van der Waals surface area contributed by atoms with Crippen molar-refractivity contribution in [2.45, 2.75) is 6.92 Å². The lowest BCUT2D eigenvalue weighted by atomic mass is 10.6. The lowest BCUT2D eigenvalue weighted by Gasteiger charge is -1.93. The highest BCUT2D eigenvalue weighted by Gasteiger charge is 1.98. The van der Waals surface area contributed by atoms with Crippen LogP contribution in [0, 0.1) is 6.92 Å². The Labute approximate surface area is 53.2 Å². The molecule has 0 fully saturated rings. The van der Waals surface area contributed by atoms with Gasteiger partial charge in [-0.1, -0.05) is 0 Å². The number of aromatic nitrogens is 2. The van der Waals surface area contributed by atoms with Gasteiger partial charge in [0.05, 0.1) is 5.69 Å². The highest BCUT2D eigenvalue weighted by molar-refractivity contribution is 5.05. The van der Waals surface area contributed by atoms with Crippen LogP contribution in [0.25, 0.3) is 0 Å². The fraction of sp³-hybridized carbons (Fsp3) is 0.400. The van der Waals surface area contributed by atoms with Gasteiger partial charge in [-0.05, 0) is 6.92 Å². The van der Waals surface area contributed by atoms with Crippen molar-refractivity contribution in [2.75, 3.05) is 0 Å². The van der Waals surface area contributed by atoms with Crippen molar-refractivity contribution in [1.82, 2.24) is 9.55 Å². The fourth-order valence-electron chi connectivity index (χ4n) is 0.704. The zero-order valence-corrected chi connectivity index (χ0v) is 5.46. The number of aryl methyl sites for hydroxylation is 2. The third-order valence-corrected chi connectivity index (χ3v) is 1.06. The second kappa shape index (κ2) is 2.06. The second-order valence-electron chi connectivity index (χ2n) is 1.89. The zero-order valence-electron chi connectivity index (χ0n) is 5.46. The van der Waals surface area contributed by atoms with Crippen molar-refractivity contribution in [3.63, 3.8) is 0 Å². The first-order chi connectivity index (χ1) is 4.24. The lowest BCUT2D eigenvalue weighted by Crippen LogP contribution is -2.06. The molecule has 0 saturated carbocycles. The van der Waals surface area contributed by atoms with Crippen molar-refractivity contribution in [3.05, 3.63) is 11.9 Å². The van der Waals surface area contributed by atoms with E-state index in [0.29, 0.717) is 6.01 Å². The molecule has 9 heavy (non-hydrogen) atoms. The molecule has 1 heterocycles. The first-order valence-corrected chi connectivity index (χ1v) is 2.60. The van der Waals surface area contributed by atoms with Crippen LogP contribution in [0.15, 0.2) is 6.20 Å². The Morgan fingerprint density at radius 1 is 1.78 bits per heavy atom. The first kappa shape index (κ1) is 6.10. The molecular weight excluding hydrogens is 118 g/mol. The van der Waals surface area contributed by atoms with Crippen LogP contribution in [0.3, 0.4) is 0 Å². The summed E-state index contributed by atoms with van der Waals surface area (Å²) in [7, 11) is 1.82. The summed E-state index contributed by atoms with van der Waals surface area (Å²) in [4.78, 5) is 8.36. The molecule has 0 bridgehead atoms. The molecule has 0 aliphatic heterocycles. The van der Waals surface area contributed by atoms with Crippen molar-refractivity contribution < 1.29 is 4.84 Å². The second-order valence-corrected chi connectivity index (χ2v) is 1.89. The van der Waals surface area contributed by atoms with Crippen LogP contribution in [0.4, 0.5) is 0 Å². The normalized spacial score (nSPS) is 9.67. The number of nitrogens with two attached hydrogens (primary N) is 1. The molecule has 0 aromatic carbocycles. The topological polar surface area (TPSA) is 53.1 Å². The largest absolute Gasteiger partial charge is 0.373 e. The van der Waals surface area contributed by atoms with E-state index in [2.05, 4.69) is 9.82 Å². The molecule has 1 aromatic heterocycles. The summed E-state index contributed by atoms with van der Waals surface area (Å²) in [5.74, 6) is 4.88. The molecule has 0 amide bonds. The number of imidazole rings is 1. The Bertz CT molecular complexity index is 206. The van der Waals surface area contributed by atoms with Crippen molar-refractivity contribution in [2.24, 2.45) is 12.9 Å². The maximum absolute atomic E-state index is 4.88. The number of hydrogen-bond acceptors (Lipinski definition) is 3. The monoisotopic (exact) mass is 127 g/mol. The predicted octanol–water partition coefficient (Wildman–Crippen LogP) is -0.0190. The molecule has 0 unspecified atom stereocenters. The predicted molar refractivity (Wildman–Crippen MR) is 32.8 cm³/mol. The third-order valence-electron chi connectivity index (χ3n) is 1.06. The average Bonchev–Trinajstić information content (AvgIpc) is 2.10. The summed E-state index contributed by atoms with van der Waals surface area (Å²) in [5, 5.41) is 0. The van der Waals surface area contributed by atoms with E-state index in [1.165, 1.54) is 0 Å². The molecule has 4 heteroatoms. The molecule has 4 nitrogen and oxygen atoms in total. The number of rotatable bonds is 1. The summed E-state index contributed by atoms with van der Waals surface area (Å²) in [6.45, 7) is 1.88. The van der Waals surface area contributed by atoms with Gasteiger partial charge in [-0.15, -0.1) is 0 Å². The van der Waals surface area contributed by atoms with Crippen molar-refractivity contribution >= 4 is 0 Å². The Kier molecular flexibility index (Phi) is 1.40. The molecule has 50 valence electrons. The maximum Gasteiger partial charge on any atom is 0.315 e. The van der Waals surface area contributed by atoms with Crippen LogP contribution in [0.1, 0.15) is 5.69 Å². The zero-order chi connectivity index (χ0) is 6.85. The Hall–Kier alpha value is -1.03. The van der Waals surface area contributed by atoms with Gasteiger partial charge < -0.3 is 9.40 Å². The molecule has 0 aliphatic carbocycles. The van der Waals surface area contributed by atoms with Crippen LogP contribution in [0.2, 0.25) is 0 Å². The Morgan fingerprint density at radius 3 is 2.67 bits per heavy atom. The van der Waals surface area contributed by atoms with E-state index in [0.717, 1.165) is 5.69 Å². The highest BCUT2D eigenvalue weighted by atomic mass is 16.6. The number of hydrogen-bond donors (Lipinski definition) is 1. The SMILES string of the molecule is Cc1cn(C)c(ON)n1. The van der Waals surface area contributed by atoms with Crippen LogP contribution in [0.5, 0.6) is 6.01 Å². The van der Waals surface area contributed by atoms with Crippen LogP contribution >= 0.6 is 0 Å². The molecule has 1 rings (SSSR count). The van der Waals surface area contributed by atoms with Gasteiger partial charge in [0.15, 0.2) is 0 Å². The van der Waals surface area contributed by atoms with E-state index in [1.54, 1.807) is 4.57 Å². The molecule has 0 spiro atoms. The fourth-order valence-corrected chi connectivity index (χ4v) is 0.704. The van der Waals surface area contributed by atoms with Gasteiger partial charge >= 0.3 is 6.01 Å². The molecule has 2 N–H and O–H groups in total. The van der Waals surface area contributed by atoms with Crippen LogP contribution in [-0.4, -0.2) is 9.55 Å². The molecule has 0 saturated heterocycles. The third kappa shape index (κ3) is 1.02. The van der Waals surface area contributed by atoms with Gasteiger partial charge in [-0.3, -0.25) is 0 Å². The summed E-state index contributed by atoms with van der Waals surface area (Å²) >= 11 is 0. The summed E-state index contributed by atoms with van der Waals surface area (Å²) in [6.07, 6.45) is 1.84. The van der Waals surface area contributed by atoms with Crippen molar-refractivity contribution in [3.8, 4) is 6.01 Å². The standard InChI is InChI=1S/C5H9N3O/c1-4-3-8(2)5(7-4)9-6/h3H,6H2,1-2H3. The molecule has 0 radical (unpaired) electrons. The summed E-state index contributed by atoms with van der Waals surface area (Å²) in [6, 6.07) is 0.438. The average molecular weight is 127 g/mol. The first-order valence-electron chi connectivity index (χ1n) is 2.60. The minimum Gasteiger partial charge on any atom is -0.373 e. The van der Waals surface area contributed by atoms with E-state index in [4.69, 9.17) is 5.90 Å². The van der Waals surface area contributed by atoms with Gasteiger partial charge in [0.2, 0.25) is 0 Å². The Morgan fingerprint density at radius 2 is 2.44 bits per heavy atom. The minimum absolute atomic E-state index is 0.438. The van der Waals surface area contributed by atoms with E-state index in [9.17, 15) is 0 Å². The summed E-state index contributed by atoms with van der Waals surface area (Å²) < 4.78 is 1.72. The molecule has 0 atom stereocenters. The van der Waals surface area contributed by atoms with Gasteiger partial charge in [0, 0.05) is 13.2 Å². The maximum atomic E-state index is 4.88. The van der Waals surface area contributed by atoms with Crippen molar-refractivity contribution in [1.29, 1.82) is 0 Å². The van der Waals surface area contributed by atoms with E-state index in [1.807, 2.05) is 20.2 Å². The number of nitrogens with zero attached hydrogens (tertiary/aromatic N) is 2. The Balaban J connectivity index is 3.01. The molecule has 1 aromatic rings. The van der Waals surface area contributed by atoms with Gasteiger partial charge in [0.1, 0.15) is 0 Å². The molecule has 0 aliphatic rings. The highest BCUT2D eigenvalue weighted by Crippen LogP contribution is 2.05. The smallest absolute Gasteiger partial charge is 0.315 e. The van der Waals surface area contributed by atoms with Crippen LogP contribution in [-0.2, 0) is 7.05 Å². The van der Waals surface area contributed by atoms with E-state index >= 15 is 0 Å². The lowest BCUT2D eigenvalue weighted by molar-refractivity contribution is 0.296. The van der Waals surface area contributed by atoms with Gasteiger partial charge in [-0.2, -0.15) is 10.9 Å². The van der Waals surface area contributed by atoms with Crippen LogP contribution < -0.4 is 10.7 Å². The summed E-state index contributed by atoms with van der Waals surface area (Å²) in [5.41, 5.74) is 0.901. The molecular formula is C5H9N3O. The van der Waals surface area contributed by atoms with E-state index in [-0.39, 0.29) is 0 Å². The minimum atomic E-state index is 0.438. The van der Waals surface area contributed by atoms with E-state index < -0.39 is 0 Å². The van der Waals surface area contributed by atoms with Gasteiger partial charge in [0.25, 0.3) is 0 Å².